The molecule has 0 saturated carbocycles. The van der Waals surface area contributed by atoms with Gasteiger partial charge in [0.25, 0.3) is 0 Å². The van der Waals surface area contributed by atoms with Gasteiger partial charge in [0.05, 0.1) is 4.70 Å². The number of aromatic nitrogens is 3. The molecule has 32 heavy (non-hydrogen) atoms. The first kappa shape index (κ1) is 20.7. The van der Waals surface area contributed by atoms with Crippen LogP contribution in [0.4, 0.5) is 0 Å². The predicted octanol–water partition coefficient (Wildman–Crippen LogP) is 5.56. The predicted molar refractivity (Wildman–Crippen MR) is 136 cm³/mol. The number of hydrogen-bond donors (Lipinski definition) is 1. The third-order valence-electron chi connectivity index (χ3n) is 6.13. The van der Waals surface area contributed by atoms with Gasteiger partial charge in [0.2, 0.25) is 0 Å². The molecule has 0 spiro atoms. The van der Waals surface area contributed by atoms with E-state index in [1.165, 1.54) is 20.5 Å². The molecule has 0 atom stereocenters. The molecule has 5 heterocycles. The molecule has 0 unspecified atom stereocenters. The normalized spacial score (nSPS) is 15.9. The monoisotopic (exact) mass is 441 g/mol. The molecule has 4 aromatic rings. The van der Waals surface area contributed by atoms with Crippen molar-refractivity contribution in [2.24, 2.45) is 0 Å². The quantitative estimate of drug-likeness (QED) is 0.412. The molecule has 162 valence electrons. The van der Waals surface area contributed by atoms with Crippen LogP contribution in [0, 0.1) is 0 Å². The van der Waals surface area contributed by atoms with Crippen LogP contribution in [0.15, 0.2) is 73.5 Å². The standard InChI is InChI=1S/C26H27N5S/c1-4-19(6-5-18(2)31-11-9-30(3)10-12-31)21-13-22-23(16-29-26(22)28-15-21)24-14-20-7-8-27-17-25(20)32-24/h4-8,13-17H,2,9-12H2,1,3H3,(H,28,29)/b6-5-,19-4+. The minimum Gasteiger partial charge on any atom is -0.369 e. The summed E-state index contributed by atoms with van der Waals surface area (Å²) in [6.07, 6.45) is 14.2. The summed E-state index contributed by atoms with van der Waals surface area (Å²) in [7, 11) is 2.17. The second-order valence-electron chi connectivity index (χ2n) is 8.21. The molecule has 1 saturated heterocycles. The molecule has 5 nitrogen and oxygen atoms in total. The van der Waals surface area contributed by atoms with Crippen LogP contribution in [0.1, 0.15) is 12.5 Å². The number of allylic oxidation sites excluding steroid dienone is 4. The van der Waals surface area contributed by atoms with Crippen molar-refractivity contribution in [3.63, 3.8) is 0 Å². The van der Waals surface area contributed by atoms with Crippen molar-refractivity contribution in [3.8, 4) is 10.4 Å². The highest BCUT2D eigenvalue weighted by molar-refractivity contribution is 7.22. The van der Waals surface area contributed by atoms with Gasteiger partial charge in [-0.15, -0.1) is 11.3 Å². The Balaban J connectivity index is 1.43. The highest BCUT2D eigenvalue weighted by atomic mass is 32.1. The van der Waals surface area contributed by atoms with Crippen molar-refractivity contribution in [2.45, 2.75) is 6.92 Å². The van der Waals surface area contributed by atoms with E-state index in [9.17, 15) is 0 Å². The number of fused-ring (bicyclic) bond motifs is 2. The van der Waals surface area contributed by atoms with Gasteiger partial charge in [-0.3, -0.25) is 4.98 Å². The Morgan fingerprint density at radius 3 is 2.78 bits per heavy atom. The number of thiophene rings is 1. The summed E-state index contributed by atoms with van der Waals surface area (Å²) in [6.45, 7) is 10.6. The second kappa shape index (κ2) is 8.73. The highest BCUT2D eigenvalue weighted by Crippen LogP contribution is 2.37. The molecular formula is C26H27N5S. The van der Waals surface area contributed by atoms with Gasteiger partial charge in [0.15, 0.2) is 0 Å². The first-order valence-electron chi connectivity index (χ1n) is 10.9. The molecule has 0 radical (unpaired) electrons. The zero-order valence-electron chi connectivity index (χ0n) is 18.5. The van der Waals surface area contributed by atoms with E-state index in [0.717, 1.165) is 54.0 Å². The molecule has 1 fully saturated rings. The summed E-state index contributed by atoms with van der Waals surface area (Å²) < 4.78 is 1.19. The number of nitrogens with zero attached hydrogens (tertiary/aromatic N) is 4. The van der Waals surface area contributed by atoms with Gasteiger partial charge in [0, 0.05) is 78.1 Å². The average molecular weight is 442 g/mol. The first-order valence-corrected chi connectivity index (χ1v) is 11.7. The maximum atomic E-state index is 4.70. The third-order valence-corrected chi connectivity index (χ3v) is 7.25. The van der Waals surface area contributed by atoms with Gasteiger partial charge in [-0.2, -0.15) is 0 Å². The Morgan fingerprint density at radius 1 is 1.16 bits per heavy atom. The van der Waals surface area contributed by atoms with E-state index in [1.807, 2.05) is 18.6 Å². The van der Waals surface area contributed by atoms with Crippen molar-refractivity contribution in [1.29, 1.82) is 0 Å². The Hall–Kier alpha value is -3.22. The van der Waals surface area contributed by atoms with Crippen LogP contribution < -0.4 is 0 Å². The maximum Gasteiger partial charge on any atom is 0.137 e. The lowest BCUT2D eigenvalue weighted by atomic mass is 10.0. The summed E-state index contributed by atoms with van der Waals surface area (Å²) in [5.41, 5.74) is 5.39. The Morgan fingerprint density at radius 2 is 2.00 bits per heavy atom. The van der Waals surface area contributed by atoms with Crippen molar-refractivity contribution in [2.75, 3.05) is 33.2 Å². The summed E-state index contributed by atoms with van der Waals surface area (Å²) in [6, 6.07) is 6.52. The number of rotatable bonds is 5. The first-order chi connectivity index (χ1) is 15.6. The second-order valence-corrected chi connectivity index (χ2v) is 9.29. The summed E-state index contributed by atoms with van der Waals surface area (Å²) in [5.74, 6) is 0. The van der Waals surface area contributed by atoms with Gasteiger partial charge in [-0.25, -0.2) is 4.98 Å². The number of pyridine rings is 2. The fourth-order valence-electron chi connectivity index (χ4n) is 4.13. The topological polar surface area (TPSA) is 48.1 Å². The molecule has 0 amide bonds. The van der Waals surface area contributed by atoms with Gasteiger partial charge in [0.1, 0.15) is 5.65 Å². The van der Waals surface area contributed by atoms with Crippen LogP contribution in [-0.4, -0.2) is 58.0 Å². The lowest BCUT2D eigenvalue weighted by Crippen LogP contribution is -2.43. The van der Waals surface area contributed by atoms with Crippen molar-refractivity contribution in [3.05, 3.63) is 79.1 Å². The van der Waals surface area contributed by atoms with E-state index < -0.39 is 0 Å². The molecule has 1 N–H and O–H groups in total. The molecular weight excluding hydrogens is 414 g/mol. The molecule has 5 rings (SSSR count). The lowest BCUT2D eigenvalue weighted by molar-refractivity contribution is 0.190. The molecule has 1 aliphatic rings. The van der Waals surface area contributed by atoms with E-state index in [2.05, 4.69) is 82.9 Å². The molecule has 4 aromatic heterocycles. The Labute approximate surface area is 192 Å². The zero-order chi connectivity index (χ0) is 22.1. The van der Waals surface area contributed by atoms with Gasteiger partial charge in [-0.1, -0.05) is 18.7 Å². The van der Waals surface area contributed by atoms with Gasteiger partial charge in [-0.05, 0) is 49.2 Å². The van der Waals surface area contributed by atoms with Crippen LogP contribution in [0.2, 0.25) is 0 Å². The minimum atomic E-state index is 0.903. The molecule has 1 aliphatic heterocycles. The third kappa shape index (κ3) is 3.99. The van der Waals surface area contributed by atoms with E-state index in [1.54, 1.807) is 11.3 Å². The fourth-order valence-corrected chi connectivity index (χ4v) is 5.19. The van der Waals surface area contributed by atoms with Gasteiger partial charge < -0.3 is 14.8 Å². The SMILES string of the molecule is C=C(/C=C\C(=C/C)c1cnc2[nH]cc(-c3cc4ccncc4s3)c2c1)N1CCN(C)CC1. The van der Waals surface area contributed by atoms with E-state index in [0.29, 0.717) is 0 Å². The van der Waals surface area contributed by atoms with Crippen LogP contribution in [-0.2, 0) is 0 Å². The summed E-state index contributed by atoms with van der Waals surface area (Å²) in [4.78, 5) is 18.2. The van der Waals surface area contributed by atoms with Crippen LogP contribution in [0.25, 0.3) is 37.1 Å². The Kier molecular flexibility index (Phi) is 5.64. The van der Waals surface area contributed by atoms with Crippen LogP contribution in [0.3, 0.4) is 0 Å². The highest BCUT2D eigenvalue weighted by Gasteiger charge is 2.14. The van der Waals surface area contributed by atoms with Gasteiger partial charge >= 0.3 is 0 Å². The smallest absolute Gasteiger partial charge is 0.137 e. The van der Waals surface area contributed by atoms with E-state index >= 15 is 0 Å². The summed E-state index contributed by atoms with van der Waals surface area (Å²) >= 11 is 1.76. The van der Waals surface area contributed by atoms with Crippen LogP contribution >= 0.6 is 11.3 Å². The number of aromatic amines is 1. The van der Waals surface area contributed by atoms with Crippen molar-refractivity contribution >= 4 is 38.0 Å². The largest absolute Gasteiger partial charge is 0.369 e. The van der Waals surface area contributed by atoms with E-state index in [4.69, 9.17) is 4.98 Å². The van der Waals surface area contributed by atoms with Crippen LogP contribution in [0.5, 0.6) is 0 Å². The minimum absolute atomic E-state index is 0.903. The zero-order valence-corrected chi connectivity index (χ0v) is 19.3. The maximum absolute atomic E-state index is 4.70. The molecule has 0 aromatic carbocycles. The number of hydrogen-bond acceptors (Lipinski definition) is 5. The number of piperazine rings is 1. The molecule has 0 bridgehead atoms. The number of H-pyrrole nitrogens is 1. The Bertz CT molecular complexity index is 1300. The van der Waals surface area contributed by atoms with E-state index in [-0.39, 0.29) is 0 Å². The molecule has 0 aliphatic carbocycles. The fraction of sp³-hybridized carbons (Fsp3) is 0.231. The average Bonchev–Trinajstić information content (AvgIpc) is 3.43. The lowest BCUT2D eigenvalue weighted by Gasteiger charge is -2.34. The van der Waals surface area contributed by atoms with Crippen molar-refractivity contribution in [1.82, 2.24) is 24.8 Å². The van der Waals surface area contributed by atoms with Crippen molar-refractivity contribution < 1.29 is 0 Å². The molecule has 6 heteroatoms. The number of likely N-dealkylation sites (N-methyl/N-ethyl adjacent to an activating group) is 1. The number of nitrogens with one attached hydrogen (secondary N) is 1. The summed E-state index contributed by atoms with van der Waals surface area (Å²) in [5, 5.41) is 2.35.